The molecule has 0 aliphatic rings. The summed E-state index contributed by atoms with van der Waals surface area (Å²) in [5.74, 6) is 0. The first-order valence-electron chi connectivity index (χ1n) is 5.78. The molecule has 0 aromatic heterocycles. The number of hydrogen-bond acceptors (Lipinski definition) is 1. The maximum Gasteiger partial charge on any atom is 0.0153 e. The van der Waals surface area contributed by atoms with Gasteiger partial charge in [-0.15, -0.1) is 11.8 Å². The topological polar surface area (TPSA) is 0 Å². The van der Waals surface area contributed by atoms with E-state index in [-0.39, 0.29) is 0 Å². The van der Waals surface area contributed by atoms with E-state index in [1.807, 2.05) is 11.8 Å². The van der Waals surface area contributed by atoms with Gasteiger partial charge in [0.2, 0.25) is 0 Å². The summed E-state index contributed by atoms with van der Waals surface area (Å²) in [6.07, 6.45) is 2.37. The average molecular weight is 229 g/mol. The fourth-order valence-corrected chi connectivity index (χ4v) is 3.04. The van der Waals surface area contributed by atoms with Gasteiger partial charge in [-0.25, -0.2) is 0 Å². The molecule has 0 fully saturated rings. The molecule has 0 nitrogen and oxygen atoms in total. The maximum absolute atomic E-state index is 4.19. The first-order valence-corrected chi connectivity index (χ1v) is 6.66. The molecule has 2 aromatic carbocycles. The Bertz CT molecular complexity index is 456. The van der Waals surface area contributed by atoms with Gasteiger partial charge in [0, 0.05) is 10.1 Å². The summed E-state index contributed by atoms with van der Waals surface area (Å²) in [4.78, 5) is 1.35. The largest absolute Gasteiger partial charge is 0.122 e. The molecular formula is C15H17S. The molecule has 1 radical (unpaired) electrons. The fourth-order valence-electron chi connectivity index (χ4n) is 1.86. The van der Waals surface area contributed by atoms with Crippen molar-refractivity contribution in [2.75, 3.05) is 0 Å². The fraction of sp³-hybridized carbons (Fsp3) is 0.267. The number of rotatable bonds is 4. The molecule has 16 heavy (non-hydrogen) atoms. The van der Waals surface area contributed by atoms with Gasteiger partial charge in [-0.05, 0) is 30.2 Å². The zero-order valence-corrected chi connectivity index (χ0v) is 10.5. The van der Waals surface area contributed by atoms with E-state index >= 15 is 0 Å². The summed E-state index contributed by atoms with van der Waals surface area (Å²) in [7, 11) is 0. The predicted molar refractivity (Wildman–Crippen MR) is 73.9 cm³/mol. The van der Waals surface area contributed by atoms with E-state index in [4.69, 9.17) is 0 Å². The van der Waals surface area contributed by atoms with Gasteiger partial charge >= 0.3 is 0 Å². The highest BCUT2D eigenvalue weighted by Gasteiger charge is 2.06. The van der Waals surface area contributed by atoms with Crippen molar-refractivity contribution in [2.45, 2.75) is 29.9 Å². The van der Waals surface area contributed by atoms with E-state index in [1.54, 1.807) is 0 Å². The van der Waals surface area contributed by atoms with Crippen molar-refractivity contribution >= 4 is 22.5 Å². The van der Waals surface area contributed by atoms with Crippen molar-refractivity contribution in [3.8, 4) is 0 Å². The van der Waals surface area contributed by atoms with Crippen LogP contribution in [0.3, 0.4) is 0 Å². The summed E-state index contributed by atoms with van der Waals surface area (Å²) in [6.45, 7) is 6.40. The van der Waals surface area contributed by atoms with Gasteiger partial charge in [0.25, 0.3) is 0 Å². The van der Waals surface area contributed by atoms with Gasteiger partial charge < -0.3 is 0 Å². The summed E-state index contributed by atoms with van der Waals surface area (Å²) >= 11 is 1.89. The van der Waals surface area contributed by atoms with Gasteiger partial charge in [0.1, 0.15) is 0 Å². The molecule has 0 N–H and O–H groups in total. The molecule has 2 rings (SSSR count). The highest BCUT2D eigenvalue weighted by atomic mass is 32.2. The smallest absolute Gasteiger partial charge is 0.0153 e. The number of hydrogen-bond donors (Lipinski definition) is 0. The summed E-state index contributed by atoms with van der Waals surface area (Å²) < 4.78 is 0. The lowest BCUT2D eigenvalue weighted by atomic mass is 10.1. The van der Waals surface area contributed by atoms with E-state index in [0.717, 1.165) is 0 Å². The highest BCUT2D eigenvalue weighted by Crippen LogP contribution is 2.31. The van der Waals surface area contributed by atoms with Crippen LogP contribution in [0.25, 0.3) is 10.8 Å². The minimum atomic E-state index is 0.454. The van der Waals surface area contributed by atoms with Crippen LogP contribution in [0.15, 0.2) is 47.4 Å². The molecule has 0 aliphatic heterocycles. The number of fused-ring (bicyclic) bond motifs is 1. The predicted octanol–water partition coefficient (Wildman–Crippen LogP) is 4.93. The molecule has 0 amide bonds. The van der Waals surface area contributed by atoms with E-state index in [0.29, 0.717) is 5.25 Å². The average Bonchev–Trinajstić information content (AvgIpc) is 2.30. The van der Waals surface area contributed by atoms with Crippen LogP contribution in [0.2, 0.25) is 0 Å². The summed E-state index contributed by atoms with van der Waals surface area (Å²) in [5, 5.41) is 3.12. The van der Waals surface area contributed by atoms with Crippen molar-refractivity contribution < 1.29 is 0 Å². The molecule has 0 heterocycles. The van der Waals surface area contributed by atoms with E-state index in [1.165, 1.54) is 28.5 Å². The van der Waals surface area contributed by atoms with Gasteiger partial charge in [0.15, 0.2) is 0 Å². The van der Waals surface area contributed by atoms with Crippen LogP contribution in [-0.4, -0.2) is 5.25 Å². The second-order valence-electron chi connectivity index (χ2n) is 4.01. The standard InChI is InChI=1S/C15H17S/c1-3-7-12(2)16-15-11-6-9-13-8-4-5-10-14(13)15/h4-6,8-12H,2-3,7H2,1H3. The zero-order chi connectivity index (χ0) is 11.4. The number of thioether (sulfide) groups is 1. The van der Waals surface area contributed by atoms with E-state index in [2.05, 4.69) is 56.3 Å². The molecule has 1 atom stereocenters. The Morgan fingerprint density at radius 2 is 1.88 bits per heavy atom. The normalized spacial score (nSPS) is 12.9. The Kier molecular flexibility index (Phi) is 3.89. The Morgan fingerprint density at radius 3 is 2.69 bits per heavy atom. The number of benzene rings is 2. The quantitative estimate of drug-likeness (QED) is 0.669. The molecule has 1 unspecified atom stereocenters. The minimum Gasteiger partial charge on any atom is -0.122 e. The van der Waals surface area contributed by atoms with Crippen LogP contribution in [0.1, 0.15) is 19.8 Å². The maximum atomic E-state index is 4.19. The first kappa shape index (κ1) is 11.5. The molecule has 0 aliphatic carbocycles. The lowest BCUT2D eigenvalue weighted by Gasteiger charge is -2.11. The lowest BCUT2D eigenvalue weighted by Crippen LogP contribution is -1.94. The van der Waals surface area contributed by atoms with E-state index < -0.39 is 0 Å². The molecule has 1 heteroatoms. The first-order chi connectivity index (χ1) is 7.81. The van der Waals surface area contributed by atoms with Crippen LogP contribution in [-0.2, 0) is 0 Å². The van der Waals surface area contributed by atoms with Crippen LogP contribution in [0, 0.1) is 6.92 Å². The van der Waals surface area contributed by atoms with E-state index in [9.17, 15) is 0 Å². The van der Waals surface area contributed by atoms with Crippen LogP contribution < -0.4 is 0 Å². The molecule has 0 bridgehead atoms. The van der Waals surface area contributed by atoms with Gasteiger partial charge in [-0.2, -0.15) is 0 Å². The second-order valence-corrected chi connectivity index (χ2v) is 5.35. The zero-order valence-electron chi connectivity index (χ0n) is 9.65. The van der Waals surface area contributed by atoms with Crippen molar-refractivity contribution in [2.24, 2.45) is 0 Å². The monoisotopic (exact) mass is 229 g/mol. The van der Waals surface area contributed by atoms with Crippen molar-refractivity contribution in [3.05, 3.63) is 49.4 Å². The molecule has 0 saturated heterocycles. The lowest BCUT2D eigenvalue weighted by molar-refractivity contribution is 0.826. The molecular weight excluding hydrogens is 212 g/mol. The minimum absolute atomic E-state index is 0.454. The molecule has 0 spiro atoms. The second kappa shape index (κ2) is 5.40. The van der Waals surface area contributed by atoms with Crippen LogP contribution in [0.5, 0.6) is 0 Å². The van der Waals surface area contributed by atoms with Gasteiger partial charge in [-0.1, -0.05) is 49.7 Å². The summed E-state index contributed by atoms with van der Waals surface area (Å²) in [6, 6.07) is 15.0. The van der Waals surface area contributed by atoms with Gasteiger partial charge in [0.05, 0.1) is 0 Å². The molecule has 83 valence electrons. The Hall–Kier alpha value is -0.950. The Morgan fingerprint density at radius 1 is 1.12 bits per heavy atom. The third-order valence-corrected chi connectivity index (χ3v) is 3.83. The van der Waals surface area contributed by atoms with Crippen LogP contribution >= 0.6 is 11.8 Å². The van der Waals surface area contributed by atoms with Crippen molar-refractivity contribution in [3.63, 3.8) is 0 Å². The van der Waals surface area contributed by atoms with Crippen molar-refractivity contribution in [1.82, 2.24) is 0 Å². The SMILES string of the molecule is [CH2]C(CCC)Sc1cccc2ccccc12. The van der Waals surface area contributed by atoms with Gasteiger partial charge in [-0.3, -0.25) is 0 Å². The Labute approximate surface area is 102 Å². The Balaban J connectivity index is 2.30. The summed E-state index contributed by atoms with van der Waals surface area (Å²) in [5.41, 5.74) is 0. The third-order valence-electron chi connectivity index (χ3n) is 2.65. The molecule has 0 saturated carbocycles. The highest BCUT2D eigenvalue weighted by molar-refractivity contribution is 8.00. The van der Waals surface area contributed by atoms with Crippen LogP contribution in [0.4, 0.5) is 0 Å². The third kappa shape index (κ3) is 2.59. The van der Waals surface area contributed by atoms with Crippen molar-refractivity contribution in [1.29, 1.82) is 0 Å². The molecule has 2 aromatic rings.